The fourth-order valence-electron chi connectivity index (χ4n) is 2.62. The lowest BCUT2D eigenvalue weighted by molar-refractivity contribution is -0.278. The first-order valence-corrected chi connectivity index (χ1v) is 8.46. The Morgan fingerprint density at radius 3 is 2.24 bits per heavy atom. The largest absolute Gasteiger partial charge is 0.352 e. The van der Waals surface area contributed by atoms with Crippen molar-refractivity contribution in [2.24, 2.45) is 11.8 Å². The van der Waals surface area contributed by atoms with Crippen LogP contribution in [0.5, 0.6) is 0 Å². The van der Waals surface area contributed by atoms with Gasteiger partial charge < -0.3 is 18.9 Å². The molecule has 0 aromatic heterocycles. The minimum Gasteiger partial charge on any atom is -0.352 e. The Balaban J connectivity index is 1.64. The Labute approximate surface area is 128 Å². The predicted octanol–water partition coefficient (Wildman–Crippen LogP) is 3.51. The van der Waals surface area contributed by atoms with Crippen LogP contribution in [0.15, 0.2) is 12.2 Å². The molecule has 0 bridgehead atoms. The van der Waals surface area contributed by atoms with Crippen LogP contribution in [0.1, 0.15) is 46.0 Å². The van der Waals surface area contributed by atoms with Crippen LogP contribution in [0.3, 0.4) is 0 Å². The van der Waals surface area contributed by atoms with Crippen LogP contribution >= 0.6 is 0 Å². The third-order valence-corrected chi connectivity index (χ3v) is 3.98. The van der Waals surface area contributed by atoms with E-state index in [-0.39, 0.29) is 18.5 Å². The highest BCUT2D eigenvalue weighted by Crippen LogP contribution is 2.24. The van der Waals surface area contributed by atoms with Gasteiger partial charge in [-0.25, -0.2) is 0 Å². The highest BCUT2D eigenvalue weighted by Gasteiger charge is 2.32. The number of hydrogen-bond donors (Lipinski definition) is 0. The second-order valence-electron chi connectivity index (χ2n) is 6.01. The SMILES string of the molecule is CCC/C=C/C1COC([C@H]2CO[C@H](CCCC)OC2)OC1. The molecule has 0 aromatic rings. The Morgan fingerprint density at radius 2 is 1.62 bits per heavy atom. The first-order valence-electron chi connectivity index (χ1n) is 8.46. The molecule has 2 aliphatic heterocycles. The molecule has 0 spiro atoms. The van der Waals surface area contributed by atoms with E-state index in [1.807, 2.05) is 0 Å². The first-order chi connectivity index (χ1) is 10.3. The summed E-state index contributed by atoms with van der Waals surface area (Å²) in [7, 11) is 0. The van der Waals surface area contributed by atoms with Crippen LogP contribution in [0.4, 0.5) is 0 Å². The normalized spacial score (nSPS) is 34.4. The van der Waals surface area contributed by atoms with Gasteiger partial charge in [-0.2, -0.15) is 0 Å². The van der Waals surface area contributed by atoms with E-state index < -0.39 is 0 Å². The summed E-state index contributed by atoms with van der Waals surface area (Å²) in [6, 6.07) is 0. The summed E-state index contributed by atoms with van der Waals surface area (Å²) in [6.45, 7) is 7.19. The van der Waals surface area contributed by atoms with Crippen molar-refractivity contribution in [3.63, 3.8) is 0 Å². The summed E-state index contributed by atoms with van der Waals surface area (Å²) in [5, 5.41) is 0. The van der Waals surface area contributed by atoms with Gasteiger partial charge in [-0.05, 0) is 19.3 Å². The summed E-state index contributed by atoms with van der Waals surface area (Å²) < 4.78 is 23.2. The molecule has 122 valence electrons. The van der Waals surface area contributed by atoms with Gasteiger partial charge in [0.2, 0.25) is 0 Å². The summed E-state index contributed by atoms with van der Waals surface area (Å²) in [6.07, 6.45) is 9.86. The molecule has 2 fully saturated rings. The Kier molecular flexibility index (Phi) is 7.72. The molecule has 0 N–H and O–H groups in total. The molecule has 0 atom stereocenters. The molecule has 4 heteroatoms. The zero-order chi connectivity index (χ0) is 14.9. The van der Waals surface area contributed by atoms with E-state index in [0.717, 1.165) is 32.5 Å². The van der Waals surface area contributed by atoms with E-state index in [0.29, 0.717) is 19.1 Å². The maximum absolute atomic E-state index is 5.84. The molecule has 0 unspecified atom stereocenters. The third-order valence-electron chi connectivity index (χ3n) is 3.98. The van der Waals surface area contributed by atoms with Crippen molar-refractivity contribution < 1.29 is 18.9 Å². The average molecular weight is 298 g/mol. The second kappa shape index (κ2) is 9.57. The van der Waals surface area contributed by atoms with Crippen LogP contribution < -0.4 is 0 Å². The Bertz CT molecular complexity index is 289. The fourth-order valence-corrected chi connectivity index (χ4v) is 2.62. The Hall–Kier alpha value is -0.420. The van der Waals surface area contributed by atoms with Crippen molar-refractivity contribution in [2.45, 2.75) is 58.5 Å². The number of rotatable bonds is 7. The van der Waals surface area contributed by atoms with Crippen LogP contribution in [0, 0.1) is 11.8 Å². The van der Waals surface area contributed by atoms with Gasteiger partial charge in [0, 0.05) is 5.92 Å². The van der Waals surface area contributed by atoms with E-state index >= 15 is 0 Å². The van der Waals surface area contributed by atoms with Gasteiger partial charge in [-0.3, -0.25) is 0 Å². The molecular formula is C17H30O4. The smallest absolute Gasteiger partial charge is 0.164 e. The summed E-state index contributed by atoms with van der Waals surface area (Å²) in [5.74, 6) is 0.582. The fraction of sp³-hybridized carbons (Fsp3) is 0.882. The molecule has 0 amide bonds. The third kappa shape index (κ3) is 5.70. The van der Waals surface area contributed by atoms with E-state index in [4.69, 9.17) is 18.9 Å². The van der Waals surface area contributed by atoms with Crippen molar-refractivity contribution >= 4 is 0 Å². The van der Waals surface area contributed by atoms with Gasteiger partial charge in [-0.1, -0.05) is 38.8 Å². The number of unbranched alkanes of at least 4 members (excludes halogenated alkanes) is 2. The Morgan fingerprint density at radius 1 is 0.905 bits per heavy atom. The van der Waals surface area contributed by atoms with Gasteiger partial charge in [-0.15, -0.1) is 0 Å². The standard InChI is InChI=1S/C17H30O4/c1-3-5-7-8-14-10-20-17(21-11-14)15-12-18-16(19-13-15)9-6-4-2/h7-8,14-17H,3-6,9-13H2,1-2H3/b8-7+/t14?,15-,16-,17?. The first kappa shape index (κ1) is 16.9. The lowest BCUT2D eigenvalue weighted by Gasteiger charge is -2.37. The van der Waals surface area contributed by atoms with Crippen LogP contribution in [-0.2, 0) is 18.9 Å². The number of ether oxygens (including phenoxy) is 4. The molecular weight excluding hydrogens is 268 g/mol. The van der Waals surface area contributed by atoms with E-state index in [2.05, 4.69) is 26.0 Å². The molecule has 0 radical (unpaired) electrons. The predicted molar refractivity (Wildman–Crippen MR) is 81.9 cm³/mol. The van der Waals surface area contributed by atoms with Crippen LogP contribution in [-0.4, -0.2) is 39.0 Å². The monoisotopic (exact) mass is 298 g/mol. The van der Waals surface area contributed by atoms with Crippen molar-refractivity contribution in [1.82, 2.24) is 0 Å². The van der Waals surface area contributed by atoms with Crippen molar-refractivity contribution in [3.8, 4) is 0 Å². The molecule has 2 saturated heterocycles. The minimum atomic E-state index is -0.173. The number of allylic oxidation sites excluding steroid dienone is 1. The highest BCUT2D eigenvalue weighted by molar-refractivity contribution is 4.89. The molecule has 2 aliphatic rings. The molecule has 2 heterocycles. The van der Waals surface area contributed by atoms with Gasteiger partial charge in [0.15, 0.2) is 12.6 Å². The zero-order valence-corrected chi connectivity index (χ0v) is 13.5. The maximum Gasteiger partial charge on any atom is 0.164 e. The lowest BCUT2D eigenvalue weighted by Crippen LogP contribution is -2.44. The molecule has 0 aromatic carbocycles. The second-order valence-corrected chi connectivity index (χ2v) is 6.01. The maximum atomic E-state index is 5.84. The van der Waals surface area contributed by atoms with Crippen LogP contribution in [0.25, 0.3) is 0 Å². The van der Waals surface area contributed by atoms with Crippen molar-refractivity contribution in [3.05, 3.63) is 12.2 Å². The lowest BCUT2D eigenvalue weighted by atomic mass is 10.1. The summed E-state index contributed by atoms with van der Waals surface area (Å²) in [4.78, 5) is 0. The van der Waals surface area contributed by atoms with E-state index in [1.165, 1.54) is 12.8 Å². The topological polar surface area (TPSA) is 36.9 Å². The molecule has 21 heavy (non-hydrogen) atoms. The molecule has 2 rings (SSSR count). The minimum absolute atomic E-state index is 0.0329. The molecule has 4 nitrogen and oxygen atoms in total. The number of hydrogen-bond acceptors (Lipinski definition) is 4. The van der Waals surface area contributed by atoms with Gasteiger partial charge >= 0.3 is 0 Å². The average Bonchev–Trinajstić information content (AvgIpc) is 2.54. The van der Waals surface area contributed by atoms with Gasteiger partial charge in [0.1, 0.15) is 0 Å². The molecule has 0 saturated carbocycles. The van der Waals surface area contributed by atoms with Crippen molar-refractivity contribution in [2.75, 3.05) is 26.4 Å². The van der Waals surface area contributed by atoms with Crippen LogP contribution in [0.2, 0.25) is 0 Å². The quantitative estimate of drug-likeness (QED) is 0.674. The van der Waals surface area contributed by atoms with Crippen molar-refractivity contribution in [1.29, 1.82) is 0 Å². The summed E-state index contributed by atoms with van der Waals surface area (Å²) in [5.41, 5.74) is 0. The zero-order valence-electron chi connectivity index (χ0n) is 13.5. The highest BCUT2D eigenvalue weighted by atomic mass is 16.7. The van der Waals surface area contributed by atoms with E-state index in [1.54, 1.807) is 0 Å². The summed E-state index contributed by atoms with van der Waals surface area (Å²) >= 11 is 0. The van der Waals surface area contributed by atoms with Gasteiger partial charge in [0.25, 0.3) is 0 Å². The van der Waals surface area contributed by atoms with E-state index in [9.17, 15) is 0 Å². The molecule has 0 aliphatic carbocycles. The van der Waals surface area contributed by atoms with Gasteiger partial charge in [0.05, 0.1) is 32.3 Å².